The topological polar surface area (TPSA) is 70.4 Å². The van der Waals surface area contributed by atoms with Gasteiger partial charge in [-0.1, -0.05) is 24.3 Å². The minimum Gasteiger partial charge on any atom is -0.481 e. The zero-order valence-corrected chi connectivity index (χ0v) is 13.1. The number of benzene rings is 1. The predicted octanol–water partition coefficient (Wildman–Crippen LogP) is 3.05. The molecule has 1 heterocycles. The molecule has 0 bridgehead atoms. The molecule has 0 aliphatic rings. The Morgan fingerprint density at radius 1 is 1.33 bits per heavy atom. The van der Waals surface area contributed by atoms with E-state index >= 15 is 0 Å². The van der Waals surface area contributed by atoms with Crippen LogP contribution < -0.4 is 0 Å². The van der Waals surface area contributed by atoms with Gasteiger partial charge in [-0.15, -0.1) is 11.3 Å². The van der Waals surface area contributed by atoms with Crippen LogP contribution in [-0.4, -0.2) is 33.5 Å². The lowest BCUT2D eigenvalue weighted by molar-refractivity contribution is -0.136. The van der Waals surface area contributed by atoms with Crippen molar-refractivity contribution < 1.29 is 15.0 Å². The molecule has 0 aliphatic heterocycles. The number of carbonyl (C=O) groups is 1. The van der Waals surface area contributed by atoms with Crippen LogP contribution in [0, 0.1) is 0 Å². The summed E-state index contributed by atoms with van der Waals surface area (Å²) < 4.78 is 0. The Bertz CT molecular complexity index is 598. The molecule has 0 atom stereocenters. The predicted molar refractivity (Wildman–Crippen MR) is 86.8 cm³/mol. The number of rotatable bonds is 8. The standard InChI is InChI=1S/C15H17NO3S2/c17-6-3-7-20-9-11-4-1-2-5-13(11)15-16-12(10-21-15)8-14(18)19/h1-2,4-5,10,17H,3,6-9H2,(H,18,19). The Kier molecular flexibility index (Phi) is 6.22. The van der Waals surface area contributed by atoms with E-state index in [0.29, 0.717) is 5.69 Å². The third-order valence-corrected chi connectivity index (χ3v) is 4.85. The lowest BCUT2D eigenvalue weighted by atomic mass is 10.1. The van der Waals surface area contributed by atoms with Gasteiger partial charge in [0.2, 0.25) is 0 Å². The van der Waals surface area contributed by atoms with Crippen LogP contribution in [-0.2, 0) is 17.0 Å². The second-order valence-corrected chi connectivity index (χ2v) is 6.46. The number of aliphatic carboxylic acids is 1. The van der Waals surface area contributed by atoms with Crippen LogP contribution >= 0.6 is 23.1 Å². The molecule has 0 amide bonds. The molecule has 0 aliphatic carbocycles. The van der Waals surface area contributed by atoms with Gasteiger partial charge < -0.3 is 10.2 Å². The van der Waals surface area contributed by atoms with Crippen LogP contribution in [0.4, 0.5) is 0 Å². The van der Waals surface area contributed by atoms with E-state index in [9.17, 15) is 4.79 Å². The van der Waals surface area contributed by atoms with Crippen molar-refractivity contribution in [3.63, 3.8) is 0 Å². The molecule has 2 aromatic rings. The molecule has 1 aromatic heterocycles. The van der Waals surface area contributed by atoms with E-state index in [0.717, 1.165) is 28.5 Å². The maximum absolute atomic E-state index is 10.7. The van der Waals surface area contributed by atoms with Crippen LogP contribution in [0.5, 0.6) is 0 Å². The van der Waals surface area contributed by atoms with Gasteiger partial charge >= 0.3 is 5.97 Å². The number of hydrogen-bond acceptors (Lipinski definition) is 5. The number of hydrogen-bond donors (Lipinski definition) is 2. The van der Waals surface area contributed by atoms with Crippen molar-refractivity contribution in [2.45, 2.75) is 18.6 Å². The monoisotopic (exact) mass is 323 g/mol. The molecular formula is C15H17NO3S2. The molecule has 1 aromatic carbocycles. The summed E-state index contributed by atoms with van der Waals surface area (Å²) in [5.41, 5.74) is 2.86. The largest absolute Gasteiger partial charge is 0.481 e. The summed E-state index contributed by atoms with van der Waals surface area (Å²) in [5.74, 6) is 0.927. The van der Waals surface area contributed by atoms with Crippen LogP contribution in [0.3, 0.4) is 0 Å². The highest BCUT2D eigenvalue weighted by atomic mass is 32.2. The zero-order chi connectivity index (χ0) is 15.1. The SMILES string of the molecule is O=C(O)Cc1csc(-c2ccccc2CSCCCO)n1. The van der Waals surface area contributed by atoms with E-state index in [1.807, 2.05) is 18.2 Å². The minimum atomic E-state index is -0.861. The molecule has 6 heteroatoms. The second-order valence-electron chi connectivity index (χ2n) is 4.50. The molecular weight excluding hydrogens is 306 g/mol. The van der Waals surface area contributed by atoms with Gasteiger partial charge in [0.15, 0.2) is 0 Å². The minimum absolute atomic E-state index is 0.0378. The Morgan fingerprint density at radius 3 is 2.90 bits per heavy atom. The lowest BCUT2D eigenvalue weighted by Gasteiger charge is -2.06. The van der Waals surface area contributed by atoms with Gasteiger partial charge in [-0.3, -0.25) is 4.79 Å². The average molecular weight is 323 g/mol. The third kappa shape index (κ3) is 4.84. The number of carboxylic acids is 1. The summed E-state index contributed by atoms with van der Waals surface area (Å²) in [6.45, 7) is 0.222. The Hall–Kier alpha value is -1.37. The second kappa shape index (κ2) is 8.17. The summed E-state index contributed by atoms with van der Waals surface area (Å²) >= 11 is 3.26. The first-order valence-electron chi connectivity index (χ1n) is 6.64. The fraction of sp³-hybridized carbons (Fsp3) is 0.333. The summed E-state index contributed by atoms with van der Waals surface area (Å²) in [7, 11) is 0. The molecule has 2 N–H and O–H groups in total. The van der Waals surface area contributed by atoms with Gasteiger partial charge in [0.1, 0.15) is 5.01 Å². The fourth-order valence-corrected chi connectivity index (χ4v) is 3.70. The third-order valence-electron chi connectivity index (χ3n) is 2.84. The van der Waals surface area contributed by atoms with Crippen molar-refractivity contribution in [3.8, 4) is 10.6 Å². The molecule has 0 radical (unpaired) electrons. The van der Waals surface area contributed by atoms with E-state index in [-0.39, 0.29) is 13.0 Å². The first-order valence-corrected chi connectivity index (χ1v) is 8.67. The molecule has 4 nitrogen and oxygen atoms in total. The van der Waals surface area contributed by atoms with Crippen molar-refractivity contribution in [3.05, 3.63) is 40.9 Å². The molecule has 2 rings (SSSR count). The van der Waals surface area contributed by atoms with Gasteiger partial charge in [0.25, 0.3) is 0 Å². The van der Waals surface area contributed by atoms with E-state index in [1.54, 1.807) is 17.1 Å². The molecule has 0 saturated carbocycles. The Balaban J connectivity index is 2.11. The van der Waals surface area contributed by atoms with Crippen molar-refractivity contribution in [2.24, 2.45) is 0 Å². The number of aliphatic hydroxyl groups excluding tert-OH is 1. The first kappa shape index (κ1) is 16.0. The summed E-state index contributed by atoms with van der Waals surface area (Å²) in [4.78, 5) is 15.1. The molecule has 21 heavy (non-hydrogen) atoms. The van der Waals surface area contributed by atoms with E-state index in [1.165, 1.54) is 16.9 Å². The molecule has 0 fully saturated rings. The summed E-state index contributed by atoms with van der Waals surface area (Å²) in [5, 5.41) is 20.3. The molecule has 0 spiro atoms. The lowest BCUT2D eigenvalue weighted by Crippen LogP contribution is -2.00. The highest BCUT2D eigenvalue weighted by molar-refractivity contribution is 7.98. The van der Waals surface area contributed by atoms with Gasteiger partial charge in [-0.2, -0.15) is 11.8 Å². The van der Waals surface area contributed by atoms with Gasteiger partial charge in [0.05, 0.1) is 12.1 Å². The summed E-state index contributed by atoms with van der Waals surface area (Å²) in [6, 6.07) is 8.05. The zero-order valence-electron chi connectivity index (χ0n) is 11.5. The number of thiazole rings is 1. The first-order chi connectivity index (χ1) is 10.2. The fourth-order valence-electron chi connectivity index (χ4n) is 1.87. The number of aromatic nitrogens is 1. The van der Waals surface area contributed by atoms with E-state index in [4.69, 9.17) is 10.2 Å². The van der Waals surface area contributed by atoms with Crippen LogP contribution in [0.1, 0.15) is 17.7 Å². The smallest absolute Gasteiger partial charge is 0.309 e. The summed E-state index contributed by atoms with van der Waals surface area (Å²) in [6.07, 6.45) is 0.761. The Labute approximate surface area is 131 Å². The normalized spacial score (nSPS) is 10.7. The maximum Gasteiger partial charge on any atom is 0.309 e. The van der Waals surface area contributed by atoms with Crippen molar-refractivity contribution in [1.82, 2.24) is 4.98 Å². The van der Waals surface area contributed by atoms with Crippen LogP contribution in [0.2, 0.25) is 0 Å². The van der Waals surface area contributed by atoms with Gasteiger partial charge in [-0.25, -0.2) is 4.98 Å². The number of nitrogens with zero attached hydrogens (tertiary/aromatic N) is 1. The van der Waals surface area contributed by atoms with Crippen molar-refractivity contribution in [2.75, 3.05) is 12.4 Å². The number of thioether (sulfide) groups is 1. The molecule has 0 unspecified atom stereocenters. The van der Waals surface area contributed by atoms with Gasteiger partial charge in [-0.05, 0) is 17.7 Å². The average Bonchev–Trinajstić information content (AvgIpc) is 2.91. The van der Waals surface area contributed by atoms with Crippen molar-refractivity contribution in [1.29, 1.82) is 0 Å². The van der Waals surface area contributed by atoms with Gasteiger partial charge in [0, 0.05) is 23.3 Å². The van der Waals surface area contributed by atoms with E-state index < -0.39 is 5.97 Å². The van der Waals surface area contributed by atoms with Crippen LogP contribution in [0.25, 0.3) is 10.6 Å². The number of aliphatic hydroxyl groups is 1. The molecule has 112 valence electrons. The number of carboxylic acid groups (broad SMARTS) is 1. The van der Waals surface area contributed by atoms with Crippen molar-refractivity contribution >= 4 is 29.1 Å². The van der Waals surface area contributed by atoms with E-state index in [2.05, 4.69) is 11.1 Å². The quantitative estimate of drug-likeness (QED) is 0.731. The Morgan fingerprint density at radius 2 is 2.14 bits per heavy atom. The maximum atomic E-state index is 10.7. The highest BCUT2D eigenvalue weighted by Gasteiger charge is 2.11. The molecule has 0 saturated heterocycles. The van der Waals surface area contributed by atoms with Crippen LogP contribution in [0.15, 0.2) is 29.6 Å². The highest BCUT2D eigenvalue weighted by Crippen LogP contribution is 2.29.